The van der Waals surface area contributed by atoms with Crippen LogP contribution in [0.1, 0.15) is 24.2 Å². The minimum Gasteiger partial charge on any atom is -0.477 e. The number of rotatable bonds is 6. The minimum atomic E-state index is -0.758. The predicted octanol–water partition coefficient (Wildman–Crippen LogP) is 0.962. The fraction of sp³-hybridized carbons (Fsp3) is 0.286. The first kappa shape index (κ1) is 16.2. The SMILES string of the molecule is CCOc1ncccc1C(=O)OCC(=O)/C(C#N)=C(/C)N. The number of allylic oxidation sites excluding steroid dienone is 1. The van der Waals surface area contributed by atoms with Crippen LogP contribution in [0, 0.1) is 11.3 Å². The highest BCUT2D eigenvalue weighted by molar-refractivity contribution is 6.02. The molecule has 0 aliphatic rings. The Morgan fingerprint density at radius 3 is 2.76 bits per heavy atom. The number of aromatic nitrogens is 1. The van der Waals surface area contributed by atoms with E-state index < -0.39 is 18.4 Å². The summed E-state index contributed by atoms with van der Waals surface area (Å²) in [6, 6.07) is 4.69. The summed E-state index contributed by atoms with van der Waals surface area (Å²) in [5.41, 5.74) is 5.36. The predicted molar refractivity (Wildman–Crippen MR) is 73.2 cm³/mol. The third kappa shape index (κ3) is 4.31. The fourth-order valence-electron chi connectivity index (χ4n) is 1.45. The number of hydrogen-bond acceptors (Lipinski definition) is 7. The molecule has 0 aliphatic carbocycles. The van der Waals surface area contributed by atoms with Gasteiger partial charge in [-0.25, -0.2) is 9.78 Å². The highest BCUT2D eigenvalue weighted by Crippen LogP contribution is 2.15. The number of carbonyl (C=O) groups excluding carboxylic acids is 2. The molecule has 0 bridgehead atoms. The molecule has 21 heavy (non-hydrogen) atoms. The smallest absolute Gasteiger partial charge is 0.344 e. The van der Waals surface area contributed by atoms with Crippen LogP contribution in [0.5, 0.6) is 5.88 Å². The number of pyridine rings is 1. The average Bonchev–Trinajstić information content (AvgIpc) is 2.46. The molecular weight excluding hydrogens is 274 g/mol. The van der Waals surface area contributed by atoms with Gasteiger partial charge >= 0.3 is 5.97 Å². The van der Waals surface area contributed by atoms with Crippen molar-refractivity contribution in [2.24, 2.45) is 5.73 Å². The van der Waals surface area contributed by atoms with Crippen molar-refractivity contribution in [3.05, 3.63) is 35.2 Å². The van der Waals surface area contributed by atoms with Gasteiger partial charge in [-0.1, -0.05) is 0 Å². The van der Waals surface area contributed by atoms with Crippen LogP contribution in [0.3, 0.4) is 0 Å². The molecule has 1 heterocycles. The van der Waals surface area contributed by atoms with Gasteiger partial charge in [0.25, 0.3) is 0 Å². The number of carbonyl (C=O) groups is 2. The van der Waals surface area contributed by atoms with E-state index in [2.05, 4.69) is 4.98 Å². The third-order valence-corrected chi connectivity index (χ3v) is 2.39. The molecule has 0 unspecified atom stereocenters. The Hall–Kier alpha value is -2.88. The molecule has 1 aromatic rings. The number of nitrogens with zero attached hydrogens (tertiary/aromatic N) is 2. The van der Waals surface area contributed by atoms with Crippen LogP contribution in [0.15, 0.2) is 29.6 Å². The van der Waals surface area contributed by atoms with Gasteiger partial charge in [0.2, 0.25) is 11.7 Å². The summed E-state index contributed by atoms with van der Waals surface area (Å²) < 4.78 is 10.1. The van der Waals surface area contributed by atoms with Crippen molar-refractivity contribution in [1.82, 2.24) is 4.98 Å². The van der Waals surface area contributed by atoms with E-state index in [1.165, 1.54) is 19.2 Å². The maximum absolute atomic E-state index is 11.9. The summed E-state index contributed by atoms with van der Waals surface area (Å²) in [6.07, 6.45) is 1.47. The lowest BCUT2D eigenvalue weighted by molar-refractivity contribution is -0.118. The molecule has 0 spiro atoms. The second-order valence-electron chi connectivity index (χ2n) is 3.96. The van der Waals surface area contributed by atoms with Gasteiger partial charge in [-0.2, -0.15) is 5.26 Å². The zero-order chi connectivity index (χ0) is 15.8. The highest BCUT2D eigenvalue weighted by Gasteiger charge is 2.18. The van der Waals surface area contributed by atoms with Crippen molar-refractivity contribution in [2.75, 3.05) is 13.2 Å². The Morgan fingerprint density at radius 2 is 2.19 bits per heavy atom. The quantitative estimate of drug-likeness (QED) is 0.471. The summed E-state index contributed by atoms with van der Waals surface area (Å²) in [7, 11) is 0. The van der Waals surface area contributed by atoms with E-state index in [4.69, 9.17) is 20.5 Å². The highest BCUT2D eigenvalue weighted by atomic mass is 16.5. The van der Waals surface area contributed by atoms with Crippen molar-refractivity contribution < 1.29 is 19.1 Å². The first-order chi connectivity index (χ1) is 10.0. The zero-order valence-corrected chi connectivity index (χ0v) is 11.8. The van der Waals surface area contributed by atoms with Gasteiger partial charge in [-0.05, 0) is 26.0 Å². The number of ether oxygens (including phenoxy) is 2. The summed E-state index contributed by atoms with van der Waals surface area (Å²) in [5.74, 6) is -1.29. The Labute approximate surface area is 122 Å². The topological polar surface area (TPSA) is 115 Å². The van der Waals surface area contributed by atoms with Gasteiger partial charge in [0.15, 0.2) is 6.61 Å². The van der Waals surface area contributed by atoms with Gasteiger partial charge in [0.1, 0.15) is 17.2 Å². The lowest BCUT2D eigenvalue weighted by Gasteiger charge is -2.08. The van der Waals surface area contributed by atoms with Gasteiger partial charge in [-0.3, -0.25) is 4.79 Å². The van der Waals surface area contributed by atoms with Crippen molar-refractivity contribution in [1.29, 1.82) is 5.26 Å². The first-order valence-corrected chi connectivity index (χ1v) is 6.15. The molecule has 7 nitrogen and oxygen atoms in total. The molecule has 0 saturated heterocycles. The van der Waals surface area contributed by atoms with Gasteiger partial charge in [-0.15, -0.1) is 0 Å². The Balaban J connectivity index is 2.78. The largest absolute Gasteiger partial charge is 0.477 e. The van der Waals surface area contributed by atoms with E-state index in [1.54, 1.807) is 19.1 Å². The van der Waals surface area contributed by atoms with Gasteiger partial charge in [0.05, 0.1) is 6.61 Å². The molecule has 0 radical (unpaired) electrons. The molecule has 0 saturated carbocycles. The molecule has 0 aliphatic heterocycles. The molecule has 0 fully saturated rings. The number of nitriles is 1. The normalized spacial score (nSPS) is 11.1. The maximum Gasteiger partial charge on any atom is 0.344 e. The van der Waals surface area contributed by atoms with Crippen LogP contribution in [0.4, 0.5) is 0 Å². The Kier molecular flexibility index (Phi) is 5.89. The number of esters is 1. The molecular formula is C14H15N3O4. The number of hydrogen-bond donors (Lipinski definition) is 1. The van der Waals surface area contributed by atoms with Crippen LogP contribution >= 0.6 is 0 Å². The van der Waals surface area contributed by atoms with Crippen molar-refractivity contribution in [3.63, 3.8) is 0 Å². The summed E-state index contributed by atoms with van der Waals surface area (Å²) >= 11 is 0. The third-order valence-electron chi connectivity index (χ3n) is 2.39. The summed E-state index contributed by atoms with van der Waals surface area (Å²) in [6.45, 7) is 2.94. The van der Waals surface area contributed by atoms with E-state index in [0.29, 0.717) is 6.61 Å². The van der Waals surface area contributed by atoms with Crippen molar-refractivity contribution >= 4 is 11.8 Å². The van der Waals surface area contributed by atoms with Crippen molar-refractivity contribution in [2.45, 2.75) is 13.8 Å². The number of ketones is 1. The van der Waals surface area contributed by atoms with Crippen LogP contribution in [-0.2, 0) is 9.53 Å². The monoisotopic (exact) mass is 289 g/mol. The van der Waals surface area contributed by atoms with Gasteiger partial charge < -0.3 is 15.2 Å². The Bertz CT molecular complexity index is 613. The standard InChI is InChI=1S/C14H15N3O4/c1-3-20-13-10(5-4-6-17-13)14(19)21-8-12(18)11(7-15)9(2)16/h4-6H,3,8,16H2,1-2H3/b11-9-. The van der Waals surface area contributed by atoms with Crippen LogP contribution in [0.2, 0.25) is 0 Å². The Morgan fingerprint density at radius 1 is 1.48 bits per heavy atom. The molecule has 0 amide bonds. The fourth-order valence-corrected chi connectivity index (χ4v) is 1.45. The molecule has 1 aromatic heterocycles. The number of nitrogens with two attached hydrogens (primary N) is 1. The minimum absolute atomic E-state index is 0.0786. The lowest BCUT2D eigenvalue weighted by atomic mass is 10.1. The second kappa shape index (κ2) is 7.65. The van der Waals surface area contributed by atoms with Crippen LogP contribution in [0.25, 0.3) is 0 Å². The van der Waals surface area contributed by atoms with Gasteiger partial charge in [0, 0.05) is 11.9 Å². The summed E-state index contributed by atoms with van der Waals surface area (Å²) in [4.78, 5) is 27.5. The average molecular weight is 289 g/mol. The first-order valence-electron chi connectivity index (χ1n) is 6.15. The molecule has 0 atom stereocenters. The second-order valence-corrected chi connectivity index (χ2v) is 3.96. The van der Waals surface area contributed by atoms with Crippen LogP contribution < -0.4 is 10.5 Å². The van der Waals surface area contributed by atoms with E-state index in [1.807, 2.05) is 0 Å². The van der Waals surface area contributed by atoms with E-state index in [9.17, 15) is 9.59 Å². The molecule has 1 rings (SSSR count). The van der Waals surface area contributed by atoms with Crippen LogP contribution in [-0.4, -0.2) is 30.0 Å². The molecule has 110 valence electrons. The zero-order valence-electron chi connectivity index (χ0n) is 11.8. The van der Waals surface area contributed by atoms with E-state index in [-0.39, 0.29) is 22.7 Å². The van der Waals surface area contributed by atoms with Crippen molar-refractivity contribution in [3.8, 4) is 11.9 Å². The van der Waals surface area contributed by atoms with E-state index in [0.717, 1.165) is 0 Å². The lowest BCUT2D eigenvalue weighted by Crippen LogP contribution is -2.18. The molecule has 0 aromatic carbocycles. The molecule has 2 N–H and O–H groups in total. The number of Topliss-reactive ketones (excluding diaryl/α,β-unsaturated/α-hetero) is 1. The maximum atomic E-state index is 11.9. The van der Waals surface area contributed by atoms with E-state index >= 15 is 0 Å². The summed E-state index contributed by atoms with van der Waals surface area (Å²) in [5, 5.41) is 8.78. The molecule has 7 heteroatoms.